The van der Waals surface area contributed by atoms with Crippen LogP contribution in [0.4, 0.5) is 0 Å². The van der Waals surface area contributed by atoms with E-state index in [-0.39, 0.29) is 5.56 Å². The van der Waals surface area contributed by atoms with Crippen LogP contribution in [0.2, 0.25) is 0 Å². The Kier molecular flexibility index (Phi) is 3.66. The van der Waals surface area contributed by atoms with E-state index in [0.29, 0.717) is 10.5 Å². The van der Waals surface area contributed by atoms with Crippen molar-refractivity contribution in [2.45, 2.75) is 9.79 Å². The third-order valence-corrected chi connectivity index (χ3v) is 3.49. The average Bonchev–Trinajstić information content (AvgIpc) is 2.40. The van der Waals surface area contributed by atoms with E-state index in [1.807, 2.05) is 6.07 Å². The molecule has 0 heterocycles. The molecule has 0 saturated heterocycles. The SMILES string of the molecule is N#Cc1ccccc1Sc1ccccc1C(=O)[O-]. The van der Waals surface area contributed by atoms with Crippen LogP contribution >= 0.6 is 11.8 Å². The fourth-order valence-corrected chi connectivity index (χ4v) is 2.51. The lowest BCUT2D eigenvalue weighted by atomic mass is 10.2. The first-order valence-electron chi connectivity index (χ1n) is 5.19. The predicted molar refractivity (Wildman–Crippen MR) is 66.1 cm³/mol. The van der Waals surface area contributed by atoms with Crippen LogP contribution in [0.5, 0.6) is 0 Å². The third-order valence-electron chi connectivity index (χ3n) is 2.33. The van der Waals surface area contributed by atoms with Gasteiger partial charge in [0.2, 0.25) is 0 Å². The fraction of sp³-hybridized carbons (Fsp3) is 0. The lowest BCUT2D eigenvalue weighted by Gasteiger charge is -2.10. The molecule has 18 heavy (non-hydrogen) atoms. The number of carboxylic acids is 1. The van der Waals surface area contributed by atoms with Gasteiger partial charge in [-0.05, 0) is 18.2 Å². The third kappa shape index (κ3) is 2.53. The Labute approximate surface area is 109 Å². The summed E-state index contributed by atoms with van der Waals surface area (Å²) in [7, 11) is 0. The van der Waals surface area contributed by atoms with E-state index in [9.17, 15) is 9.90 Å². The first-order valence-corrected chi connectivity index (χ1v) is 6.01. The number of benzene rings is 2. The predicted octanol–water partition coefficient (Wildman–Crippen LogP) is 2.07. The van der Waals surface area contributed by atoms with E-state index >= 15 is 0 Å². The van der Waals surface area contributed by atoms with Crippen molar-refractivity contribution in [1.29, 1.82) is 5.26 Å². The summed E-state index contributed by atoms with van der Waals surface area (Å²) in [4.78, 5) is 12.3. The van der Waals surface area contributed by atoms with Gasteiger partial charge in [-0.15, -0.1) is 0 Å². The van der Waals surface area contributed by atoms with Gasteiger partial charge in [0.15, 0.2) is 0 Å². The second kappa shape index (κ2) is 5.39. The zero-order chi connectivity index (χ0) is 13.0. The van der Waals surface area contributed by atoms with Gasteiger partial charge in [0.1, 0.15) is 6.07 Å². The van der Waals surface area contributed by atoms with Crippen molar-refractivity contribution in [2.24, 2.45) is 0 Å². The van der Waals surface area contributed by atoms with Crippen LogP contribution in [0.3, 0.4) is 0 Å². The number of hydrogen-bond donors (Lipinski definition) is 0. The van der Waals surface area contributed by atoms with Crippen molar-refractivity contribution in [2.75, 3.05) is 0 Å². The second-order valence-electron chi connectivity index (χ2n) is 3.49. The Balaban J connectivity index is 2.41. The van der Waals surface area contributed by atoms with Gasteiger partial charge < -0.3 is 9.90 Å². The number of hydrogen-bond acceptors (Lipinski definition) is 4. The van der Waals surface area contributed by atoms with Gasteiger partial charge in [-0.2, -0.15) is 5.26 Å². The van der Waals surface area contributed by atoms with Gasteiger partial charge in [-0.3, -0.25) is 0 Å². The molecule has 0 N–H and O–H groups in total. The first-order chi connectivity index (χ1) is 8.72. The largest absolute Gasteiger partial charge is 0.545 e. The molecule has 4 heteroatoms. The van der Waals surface area contributed by atoms with E-state index in [0.717, 1.165) is 4.90 Å². The molecule has 3 nitrogen and oxygen atoms in total. The smallest absolute Gasteiger partial charge is 0.100 e. The molecule has 0 saturated carbocycles. The minimum absolute atomic E-state index is 0.134. The zero-order valence-electron chi connectivity index (χ0n) is 9.29. The lowest BCUT2D eigenvalue weighted by Crippen LogP contribution is -2.22. The summed E-state index contributed by atoms with van der Waals surface area (Å²) in [6, 6.07) is 15.7. The van der Waals surface area contributed by atoms with Crippen molar-refractivity contribution in [1.82, 2.24) is 0 Å². The molecule has 0 amide bonds. The summed E-state index contributed by atoms with van der Waals surface area (Å²) in [5.74, 6) is -1.22. The molecular formula is C14H8NO2S-. The maximum Gasteiger partial charge on any atom is 0.100 e. The molecule has 0 atom stereocenters. The molecule has 88 valence electrons. The lowest BCUT2D eigenvalue weighted by molar-refractivity contribution is -0.255. The Hall–Kier alpha value is -2.25. The highest BCUT2D eigenvalue weighted by Gasteiger charge is 2.07. The molecule has 2 aromatic rings. The molecule has 0 aliphatic carbocycles. The van der Waals surface area contributed by atoms with Gasteiger partial charge in [0.05, 0.1) is 11.5 Å². The normalized spacial score (nSPS) is 9.72. The van der Waals surface area contributed by atoms with Crippen molar-refractivity contribution in [3.63, 3.8) is 0 Å². The summed E-state index contributed by atoms with van der Waals surface area (Å²) in [5.41, 5.74) is 0.658. The van der Waals surface area contributed by atoms with E-state index < -0.39 is 5.97 Å². The number of aromatic carboxylic acids is 1. The summed E-state index contributed by atoms with van der Waals surface area (Å²) < 4.78 is 0. The number of carbonyl (C=O) groups excluding carboxylic acids is 1. The number of nitriles is 1. The van der Waals surface area contributed by atoms with E-state index in [1.54, 1.807) is 36.4 Å². The summed E-state index contributed by atoms with van der Waals surface area (Å²) in [5, 5.41) is 20.0. The highest BCUT2D eigenvalue weighted by Crippen LogP contribution is 2.32. The molecule has 2 rings (SSSR count). The summed E-state index contributed by atoms with van der Waals surface area (Å²) >= 11 is 1.25. The molecule has 0 radical (unpaired) electrons. The Morgan fingerprint density at radius 2 is 1.67 bits per heavy atom. The topological polar surface area (TPSA) is 63.9 Å². The van der Waals surface area contributed by atoms with Crippen molar-refractivity contribution in [3.8, 4) is 6.07 Å². The molecule has 0 aliphatic rings. The fourth-order valence-electron chi connectivity index (χ4n) is 1.49. The van der Waals surface area contributed by atoms with Gasteiger partial charge >= 0.3 is 0 Å². The summed E-state index contributed by atoms with van der Waals surface area (Å²) in [6.07, 6.45) is 0. The quantitative estimate of drug-likeness (QED) is 0.841. The first kappa shape index (κ1) is 12.2. The van der Waals surface area contributed by atoms with E-state index in [2.05, 4.69) is 6.07 Å². The van der Waals surface area contributed by atoms with E-state index in [1.165, 1.54) is 17.8 Å². The van der Waals surface area contributed by atoms with Crippen LogP contribution in [-0.2, 0) is 0 Å². The van der Waals surface area contributed by atoms with Crippen LogP contribution in [0.15, 0.2) is 58.3 Å². The molecule has 0 bridgehead atoms. The van der Waals surface area contributed by atoms with Gasteiger partial charge in [0.25, 0.3) is 0 Å². The monoisotopic (exact) mass is 254 g/mol. The Bertz CT molecular complexity index is 632. The Morgan fingerprint density at radius 3 is 2.33 bits per heavy atom. The average molecular weight is 254 g/mol. The standard InChI is InChI=1S/C14H9NO2S/c15-9-10-5-1-3-7-12(10)18-13-8-4-2-6-11(13)14(16)17/h1-8H,(H,16,17)/p-1. The zero-order valence-corrected chi connectivity index (χ0v) is 10.1. The number of rotatable bonds is 3. The molecular weight excluding hydrogens is 246 g/mol. The van der Waals surface area contributed by atoms with Crippen LogP contribution in [0.1, 0.15) is 15.9 Å². The van der Waals surface area contributed by atoms with Crippen LogP contribution in [-0.4, -0.2) is 5.97 Å². The number of carbonyl (C=O) groups is 1. The van der Waals surface area contributed by atoms with Gasteiger partial charge in [-0.25, -0.2) is 0 Å². The molecule has 0 aromatic heterocycles. The van der Waals surface area contributed by atoms with Crippen LogP contribution in [0.25, 0.3) is 0 Å². The van der Waals surface area contributed by atoms with Crippen molar-refractivity contribution < 1.29 is 9.90 Å². The van der Waals surface area contributed by atoms with Crippen LogP contribution < -0.4 is 5.11 Å². The molecule has 0 aliphatic heterocycles. The van der Waals surface area contributed by atoms with Crippen molar-refractivity contribution >= 4 is 17.7 Å². The number of nitrogens with zero attached hydrogens (tertiary/aromatic N) is 1. The minimum atomic E-state index is -1.22. The maximum atomic E-state index is 11.0. The number of carboxylic acid groups (broad SMARTS) is 1. The molecule has 0 spiro atoms. The van der Waals surface area contributed by atoms with E-state index in [4.69, 9.17) is 5.26 Å². The molecule has 2 aromatic carbocycles. The highest BCUT2D eigenvalue weighted by atomic mass is 32.2. The Morgan fingerprint density at radius 1 is 1.06 bits per heavy atom. The minimum Gasteiger partial charge on any atom is -0.545 e. The second-order valence-corrected chi connectivity index (χ2v) is 4.58. The van der Waals surface area contributed by atoms with Crippen molar-refractivity contribution in [3.05, 3.63) is 59.7 Å². The highest BCUT2D eigenvalue weighted by molar-refractivity contribution is 7.99. The molecule has 0 unspecified atom stereocenters. The molecule has 0 fully saturated rings. The summed E-state index contributed by atoms with van der Waals surface area (Å²) in [6.45, 7) is 0. The van der Waals surface area contributed by atoms with Gasteiger partial charge in [0, 0.05) is 15.4 Å². The maximum absolute atomic E-state index is 11.0. The van der Waals surface area contributed by atoms with Gasteiger partial charge in [-0.1, -0.05) is 42.1 Å². The van der Waals surface area contributed by atoms with Crippen LogP contribution in [0, 0.1) is 11.3 Å².